The Morgan fingerprint density at radius 1 is 1.50 bits per heavy atom. The fourth-order valence-corrected chi connectivity index (χ4v) is 2.67. The maximum atomic E-state index is 14.0. The molecule has 18 heavy (non-hydrogen) atoms. The Bertz CT molecular complexity index is 393. The van der Waals surface area contributed by atoms with Gasteiger partial charge in [-0.05, 0) is 37.5 Å². The molecule has 100 valence electrons. The van der Waals surface area contributed by atoms with Crippen molar-refractivity contribution in [2.24, 2.45) is 0 Å². The second kappa shape index (κ2) is 6.53. The molecule has 0 bridgehead atoms. The molecule has 1 aliphatic heterocycles. The van der Waals surface area contributed by atoms with Crippen molar-refractivity contribution in [2.75, 3.05) is 24.6 Å². The van der Waals surface area contributed by atoms with E-state index in [1.54, 1.807) is 6.07 Å². The highest BCUT2D eigenvalue weighted by atomic mass is 79.9. The summed E-state index contributed by atoms with van der Waals surface area (Å²) in [5.41, 5.74) is 1.64. The molecule has 0 aromatic heterocycles. The molecule has 2 nitrogen and oxygen atoms in total. The van der Waals surface area contributed by atoms with Gasteiger partial charge in [-0.1, -0.05) is 22.0 Å². The number of anilines is 1. The molecule has 1 atom stereocenters. The van der Waals surface area contributed by atoms with Crippen LogP contribution in [-0.4, -0.2) is 25.8 Å². The maximum absolute atomic E-state index is 14.0. The number of hydrogen-bond donors (Lipinski definition) is 0. The molecule has 1 aliphatic rings. The van der Waals surface area contributed by atoms with Gasteiger partial charge < -0.3 is 9.64 Å². The summed E-state index contributed by atoms with van der Waals surface area (Å²) in [5.74, 6) is -0.146. The minimum absolute atomic E-state index is 0.146. The molecular weight excluding hydrogens is 297 g/mol. The maximum Gasteiger partial charge on any atom is 0.146 e. The van der Waals surface area contributed by atoms with Gasteiger partial charge in [-0.25, -0.2) is 4.39 Å². The lowest BCUT2D eigenvalue weighted by Gasteiger charge is -2.26. The Morgan fingerprint density at radius 2 is 2.33 bits per heavy atom. The SMILES string of the molecule is CCN(CC1CCCO1)c1ccc(CBr)cc1F. The van der Waals surface area contributed by atoms with Crippen LogP contribution in [0.3, 0.4) is 0 Å². The second-order valence-electron chi connectivity index (χ2n) is 4.59. The van der Waals surface area contributed by atoms with Crippen LogP contribution >= 0.6 is 15.9 Å². The Morgan fingerprint density at radius 3 is 2.89 bits per heavy atom. The molecule has 0 radical (unpaired) electrons. The van der Waals surface area contributed by atoms with Crippen molar-refractivity contribution in [3.05, 3.63) is 29.6 Å². The number of alkyl halides is 1. The summed E-state index contributed by atoms with van der Waals surface area (Å²) in [6.45, 7) is 4.46. The first-order valence-corrected chi connectivity index (χ1v) is 7.57. The van der Waals surface area contributed by atoms with E-state index in [2.05, 4.69) is 20.8 Å². The zero-order valence-electron chi connectivity index (χ0n) is 10.7. The van der Waals surface area contributed by atoms with Crippen LogP contribution in [0.15, 0.2) is 18.2 Å². The summed E-state index contributed by atoms with van der Waals surface area (Å²) in [6, 6.07) is 5.43. The van der Waals surface area contributed by atoms with E-state index in [4.69, 9.17) is 4.74 Å². The predicted octanol–water partition coefficient (Wildman–Crippen LogP) is 3.73. The van der Waals surface area contributed by atoms with E-state index in [9.17, 15) is 4.39 Å². The lowest BCUT2D eigenvalue weighted by molar-refractivity contribution is 0.115. The van der Waals surface area contributed by atoms with Gasteiger partial charge in [-0.2, -0.15) is 0 Å². The van der Waals surface area contributed by atoms with Gasteiger partial charge >= 0.3 is 0 Å². The summed E-state index contributed by atoms with van der Waals surface area (Å²) in [6.07, 6.45) is 2.45. The molecule has 0 aliphatic carbocycles. The second-order valence-corrected chi connectivity index (χ2v) is 5.15. The van der Waals surface area contributed by atoms with Crippen molar-refractivity contribution >= 4 is 21.6 Å². The van der Waals surface area contributed by atoms with E-state index < -0.39 is 0 Å². The molecule has 1 unspecified atom stereocenters. The van der Waals surface area contributed by atoms with Crippen LogP contribution in [0, 0.1) is 5.82 Å². The molecule has 0 saturated carbocycles. The summed E-state index contributed by atoms with van der Waals surface area (Å²) in [4.78, 5) is 2.06. The summed E-state index contributed by atoms with van der Waals surface area (Å²) in [7, 11) is 0. The van der Waals surface area contributed by atoms with Gasteiger partial charge in [0.05, 0.1) is 11.8 Å². The van der Waals surface area contributed by atoms with Crippen molar-refractivity contribution in [1.29, 1.82) is 0 Å². The topological polar surface area (TPSA) is 12.5 Å². The predicted molar refractivity (Wildman–Crippen MR) is 75.9 cm³/mol. The van der Waals surface area contributed by atoms with Gasteiger partial charge in [-0.15, -0.1) is 0 Å². The van der Waals surface area contributed by atoms with E-state index in [-0.39, 0.29) is 11.9 Å². The Kier molecular flexibility index (Phi) is 5.01. The number of likely N-dealkylation sites (N-methyl/N-ethyl adjacent to an activating group) is 1. The average molecular weight is 316 g/mol. The fourth-order valence-electron chi connectivity index (χ4n) is 2.32. The van der Waals surface area contributed by atoms with Crippen LogP contribution in [0.4, 0.5) is 10.1 Å². The summed E-state index contributed by atoms with van der Waals surface area (Å²) < 4.78 is 19.7. The third kappa shape index (κ3) is 3.23. The van der Waals surface area contributed by atoms with Gasteiger partial charge in [0.2, 0.25) is 0 Å². The van der Waals surface area contributed by atoms with Crippen LogP contribution in [0.2, 0.25) is 0 Å². The first kappa shape index (κ1) is 13.8. The normalized spacial score (nSPS) is 19.2. The molecule has 0 amide bonds. The molecule has 2 rings (SSSR count). The summed E-state index contributed by atoms with van der Waals surface area (Å²) >= 11 is 3.34. The van der Waals surface area contributed by atoms with Crippen molar-refractivity contribution in [2.45, 2.75) is 31.2 Å². The Labute approximate surface area is 116 Å². The van der Waals surface area contributed by atoms with Crippen LogP contribution in [0.5, 0.6) is 0 Å². The van der Waals surface area contributed by atoms with Crippen molar-refractivity contribution in [3.63, 3.8) is 0 Å². The number of halogens is 2. The fraction of sp³-hybridized carbons (Fsp3) is 0.571. The van der Waals surface area contributed by atoms with Gasteiger partial charge in [0.25, 0.3) is 0 Å². The minimum atomic E-state index is -0.146. The van der Waals surface area contributed by atoms with Crippen LogP contribution < -0.4 is 4.90 Å². The number of hydrogen-bond acceptors (Lipinski definition) is 2. The monoisotopic (exact) mass is 315 g/mol. The smallest absolute Gasteiger partial charge is 0.146 e. The first-order valence-electron chi connectivity index (χ1n) is 6.45. The standard InChI is InChI=1S/C14H19BrFNO/c1-2-17(10-12-4-3-7-18-12)14-6-5-11(9-15)8-13(14)16/h5-6,8,12H,2-4,7,9-10H2,1H3. The van der Waals surface area contributed by atoms with Gasteiger partial charge in [0.15, 0.2) is 0 Å². The van der Waals surface area contributed by atoms with Crippen molar-refractivity contribution in [3.8, 4) is 0 Å². The van der Waals surface area contributed by atoms with E-state index >= 15 is 0 Å². The highest BCUT2D eigenvalue weighted by molar-refractivity contribution is 9.08. The van der Waals surface area contributed by atoms with Gasteiger partial charge in [0.1, 0.15) is 5.82 Å². The Hall–Kier alpha value is -0.610. The molecule has 1 fully saturated rings. The number of rotatable bonds is 5. The zero-order chi connectivity index (χ0) is 13.0. The molecule has 1 heterocycles. The average Bonchev–Trinajstić information content (AvgIpc) is 2.89. The highest BCUT2D eigenvalue weighted by Gasteiger charge is 2.20. The number of benzene rings is 1. The van der Waals surface area contributed by atoms with Crippen LogP contribution in [-0.2, 0) is 10.1 Å². The first-order chi connectivity index (χ1) is 8.74. The number of nitrogens with zero attached hydrogens (tertiary/aromatic N) is 1. The molecule has 1 aromatic rings. The molecule has 0 spiro atoms. The Balaban J connectivity index is 2.10. The van der Waals surface area contributed by atoms with E-state index in [0.29, 0.717) is 11.0 Å². The summed E-state index contributed by atoms with van der Waals surface area (Å²) in [5, 5.41) is 0.683. The molecular formula is C14H19BrFNO. The molecule has 1 saturated heterocycles. The third-order valence-electron chi connectivity index (χ3n) is 3.34. The lowest BCUT2D eigenvalue weighted by atomic mass is 10.1. The molecule has 4 heteroatoms. The van der Waals surface area contributed by atoms with Gasteiger partial charge in [-0.3, -0.25) is 0 Å². The number of ether oxygens (including phenoxy) is 1. The zero-order valence-corrected chi connectivity index (χ0v) is 12.2. The molecule has 0 N–H and O–H groups in total. The largest absolute Gasteiger partial charge is 0.376 e. The van der Waals surface area contributed by atoms with E-state index in [1.165, 1.54) is 0 Å². The van der Waals surface area contributed by atoms with Gasteiger partial charge in [0, 0.05) is 25.0 Å². The van der Waals surface area contributed by atoms with Crippen LogP contribution in [0.25, 0.3) is 0 Å². The highest BCUT2D eigenvalue weighted by Crippen LogP contribution is 2.23. The minimum Gasteiger partial charge on any atom is -0.376 e. The lowest BCUT2D eigenvalue weighted by Crippen LogP contribution is -2.32. The quantitative estimate of drug-likeness (QED) is 0.768. The van der Waals surface area contributed by atoms with Crippen molar-refractivity contribution in [1.82, 2.24) is 0 Å². The van der Waals surface area contributed by atoms with Crippen LogP contribution in [0.1, 0.15) is 25.3 Å². The molecule has 1 aromatic carbocycles. The third-order valence-corrected chi connectivity index (χ3v) is 3.98. The van der Waals surface area contributed by atoms with Crippen molar-refractivity contribution < 1.29 is 9.13 Å². The van der Waals surface area contributed by atoms with E-state index in [0.717, 1.165) is 38.1 Å². The van der Waals surface area contributed by atoms with E-state index in [1.807, 2.05) is 19.1 Å².